The van der Waals surface area contributed by atoms with Crippen molar-refractivity contribution in [1.29, 1.82) is 0 Å². The van der Waals surface area contributed by atoms with Gasteiger partial charge in [-0.2, -0.15) is 0 Å². The largest absolute Gasteiger partial charge is 0.481 e. The van der Waals surface area contributed by atoms with Crippen molar-refractivity contribution < 1.29 is 22.7 Å². The topological polar surface area (TPSA) is 120 Å². The second-order valence-electron chi connectivity index (χ2n) is 6.14. The third-order valence-electron chi connectivity index (χ3n) is 3.95. The number of anilines is 2. The van der Waals surface area contributed by atoms with Gasteiger partial charge in [0.1, 0.15) is 17.9 Å². The van der Waals surface area contributed by atoms with Crippen molar-refractivity contribution in [3.63, 3.8) is 0 Å². The predicted molar refractivity (Wildman–Crippen MR) is 111 cm³/mol. The number of hydrogen-bond acceptors (Lipinski definition) is 7. The van der Waals surface area contributed by atoms with Crippen molar-refractivity contribution in [2.24, 2.45) is 0 Å². The van der Waals surface area contributed by atoms with Crippen molar-refractivity contribution >= 4 is 27.4 Å². The average Bonchev–Trinajstić information content (AvgIpc) is 2.74. The summed E-state index contributed by atoms with van der Waals surface area (Å²) in [4.78, 5) is 20.0. The SMILES string of the molecule is COc1cc(NS(=O)(=O)c2ccc(NC(=O)C(C)Oc3ccccc3)cc2)ncn1. The number of carbonyl (C=O) groups is 1. The van der Waals surface area contributed by atoms with Crippen LogP contribution in [0, 0.1) is 0 Å². The van der Waals surface area contributed by atoms with Crippen molar-refractivity contribution in [3.8, 4) is 11.6 Å². The molecule has 2 N–H and O–H groups in total. The molecule has 0 fully saturated rings. The molecule has 0 radical (unpaired) electrons. The monoisotopic (exact) mass is 428 g/mol. The van der Waals surface area contributed by atoms with E-state index in [2.05, 4.69) is 20.0 Å². The number of rotatable bonds is 8. The number of methoxy groups -OCH3 is 1. The third-order valence-corrected chi connectivity index (χ3v) is 5.32. The molecule has 1 amide bonds. The van der Waals surface area contributed by atoms with Gasteiger partial charge in [-0.1, -0.05) is 18.2 Å². The Morgan fingerprint density at radius 3 is 2.40 bits per heavy atom. The molecule has 1 unspecified atom stereocenters. The average molecular weight is 428 g/mol. The second-order valence-corrected chi connectivity index (χ2v) is 7.82. The molecular formula is C20H20N4O5S. The maximum Gasteiger partial charge on any atom is 0.265 e. The molecule has 3 rings (SSSR count). The van der Waals surface area contributed by atoms with E-state index in [1.807, 2.05) is 18.2 Å². The van der Waals surface area contributed by atoms with Gasteiger partial charge < -0.3 is 14.8 Å². The lowest BCUT2D eigenvalue weighted by Gasteiger charge is -2.15. The van der Waals surface area contributed by atoms with Crippen LogP contribution >= 0.6 is 0 Å². The molecule has 1 atom stereocenters. The molecule has 9 nitrogen and oxygen atoms in total. The first-order valence-corrected chi connectivity index (χ1v) is 10.4. The van der Waals surface area contributed by atoms with Crippen LogP contribution in [0.4, 0.5) is 11.5 Å². The lowest BCUT2D eigenvalue weighted by Crippen LogP contribution is -2.30. The number of ether oxygens (including phenoxy) is 2. The Labute approximate surface area is 174 Å². The Morgan fingerprint density at radius 1 is 1.03 bits per heavy atom. The number of aromatic nitrogens is 2. The highest BCUT2D eigenvalue weighted by atomic mass is 32.2. The summed E-state index contributed by atoms with van der Waals surface area (Å²) in [7, 11) is -2.46. The van der Waals surface area contributed by atoms with Gasteiger partial charge in [-0.25, -0.2) is 18.4 Å². The van der Waals surface area contributed by atoms with E-state index in [0.29, 0.717) is 11.4 Å². The van der Waals surface area contributed by atoms with Crippen LogP contribution in [-0.2, 0) is 14.8 Å². The Bertz CT molecular complexity index is 1110. The Kier molecular flexibility index (Phi) is 6.48. The number of benzene rings is 2. The minimum absolute atomic E-state index is 0.00617. The summed E-state index contributed by atoms with van der Waals surface area (Å²) in [5.74, 6) is 0.522. The molecule has 0 aliphatic rings. The van der Waals surface area contributed by atoms with Gasteiger partial charge in [0.15, 0.2) is 6.10 Å². The van der Waals surface area contributed by atoms with Gasteiger partial charge in [0.05, 0.1) is 12.0 Å². The molecule has 1 aromatic heterocycles. The maximum atomic E-state index is 12.5. The summed E-state index contributed by atoms with van der Waals surface area (Å²) in [5.41, 5.74) is 0.436. The molecule has 0 bridgehead atoms. The molecule has 156 valence electrons. The molecule has 0 saturated heterocycles. The molecule has 3 aromatic rings. The second kappa shape index (κ2) is 9.23. The molecule has 1 heterocycles. The van der Waals surface area contributed by atoms with Gasteiger partial charge in [0, 0.05) is 11.8 Å². The van der Waals surface area contributed by atoms with Gasteiger partial charge in [0.2, 0.25) is 5.88 Å². The quantitative estimate of drug-likeness (QED) is 0.566. The van der Waals surface area contributed by atoms with Crippen LogP contribution in [0.3, 0.4) is 0 Å². The van der Waals surface area contributed by atoms with Crippen LogP contribution in [-0.4, -0.2) is 37.5 Å². The highest BCUT2D eigenvalue weighted by Gasteiger charge is 2.17. The van der Waals surface area contributed by atoms with Gasteiger partial charge in [-0.3, -0.25) is 9.52 Å². The van der Waals surface area contributed by atoms with Crippen molar-refractivity contribution in [1.82, 2.24) is 9.97 Å². The van der Waals surface area contributed by atoms with E-state index in [1.54, 1.807) is 19.1 Å². The lowest BCUT2D eigenvalue weighted by atomic mass is 10.3. The summed E-state index contributed by atoms with van der Waals surface area (Å²) in [6, 6.07) is 16.1. The number of sulfonamides is 1. The number of nitrogens with one attached hydrogen (secondary N) is 2. The van der Waals surface area contributed by atoms with Crippen LogP contribution < -0.4 is 19.5 Å². The highest BCUT2D eigenvalue weighted by molar-refractivity contribution is 7.92. The zero-order valence-corrected chi connectivity index (χ0v) is 17.1. The zero-order valence-electron chi connectivity index (χ0n) is 16.3. The first-order valence-electron chi connectivity index (χ1n) is 8.89. The molecule has 0 aliphatic heterocycles. The summed E-state index contributed by atoms with van der Waals surface area (Å²) in [6.07, 6.45) is 0.457. The van der Waals surface area contributed by atoms with Crippen molar-refractivity contribution in [2.75, 3.05) is 17.1 Å². The maximum absolute atomic E-state index is 12.5. The molecule has 0 saturated carbocycles. The summed E-state index contributed by atoms with van der Waals surface area (Å²) >= 11 is 0. The predicted octanol–water partition coefficient (Wildman–Crippen LogP) is 2.69. The third kappa shape index (κ3) is 5.45. The molecule has 30 heavy (non-hydrogen) atoms. The molecule has 10 heteroatoms. The normalized spacial score (nSPS) is 11.9. The number of para-hydroxylation sites is 1. The molecular weight excluding hydrogens is 408 g/mol. The Morgan fingerprint density at radius 2 is 1.73 bits per heavy atom. The van der Waals surface area contributed by atoms with E-state index in [9.17, 15) is 13.2 Å². The summed E-state index contributed by atoms with van der Waals surface area (Å²) in [5, 5.41) is 2.69. The van der Waals surface area contributed by atoms with Crippen LogP contribution in [0.25, 0.3) is 0 Å². The highest BCUT2D eigenvalue weighted by Crippen LogP contribution is 2.19. The summed E-state index contributed by atoms with van der Waals surface area (Å²) < 4.78 is 37.9. The fourth-order valence-corrected chi connectivity index (χ4v) is 3.42. The van der Waals surface area contributed by atoms with Gasteiger partial charge in [-0.15, -0.1) is 0 Å². The smallest absolute Gasteiger partial charge is 0.265 e. The molecule has 0 aliphatic carbocycles. The number of hydrogen-bond donors (Lipinski definition) is 2. The van der Waals surface area contributed by atoms with Gasteiger partial charge in [0.25, 0.3) is 15.9 Å². The number of amides is 1. The van der Waals surface area contributed by atoms with Crippen LogP contribution in [0.15, 0.2) is 71.9 Å². The first kappa shape index (κ1) is 21.1. The summed E-state index contributed by atoms with van der Waals surface area (Å²) in [6.45, 7) is 1.63. The van der Waals surface area contributed by atoms with Gasteiger partial charge in [-0.05, 0) is 43.3 Å². The number of nitrogens with zero attached hydrogens (tertiary/aromatic N) is 2. The fraction of sp³-hybridized carbons (Fsp3) is 0.150. The van der Waals surface area contributed by atoms with Crippen molar-refractivity contribution in [3.05, 3.63) is 67.0 Å². The van der Waals surface area contributed by atoms with E-state index in [0.717, 1.165) is 0 Å². The Balaban J connectivity index is 1.64. The van der Waals surface area contributed by atoms with E-state index < -0.39 is 16.1 Å². The van der Waals surface area contributed by atoms with E-state index in [-0.39, 0.29) is 22.5 Å². The van der Waals surface area contributed by atoms with Crippen LogP contribution in [0.2, 0.25) is 0 Å². The minimum Gasteiger partial charge on any atom is -0.481 e. The van der Waals surface area contributed by atoms with Crippen LogP contribution in [0.5, 0.6) is 11.6 Å². The zero-order chi connectivity index (χ0) is 21.6. The van der Waals surface area contributed by atoms with Gasteiger partial charge >= 0.3 is 0 Å². The Hall–Kier alpha value is -3.66. The fourth-order valence-electron chi connectivity index (χ4n) is 2.42. The minimum atomic E-state index is -3.87. The lowest BCUT2D eigenvalue weighted by molar-refractivity contribution is -0.122. The van der Waals surface area contributed by atoms with Crippen LogP contribution in [0.1, 0.15) is 6.92 Å². The van der Waals surface area contributed by atoms with E-state index >= 15 is 0 Å². The van der Waals surface area contributed by atoms with Crippen molar-refractivity contribution in [2.45, 2.75) is 17.9 Å². The number of carbonyl (C=O) groups excluding carboxylic acids is 1. The molecule has 2 aromatic carbocycles. The van der Waals surface area contributed by atoms with E-state index in [1.165, 1.54) is 43.8 Å². The standard InChI is InChI=1S/C20H20N4O5S/c1-14(29-16-6-4-3-5-7-16)20(25)23-15-8-10-17(11-9-15)30(26,27)24-18-12-19(28-2)22-13-21-18/h3-14H,1-2H3,(H,23,25)(H,21,22,24). The first-order chi connectivity index (χ1) is 14.4. The van der Waals surface area contributed by atoms with E-state index in [4.69, 9.17) is 9.47 Å². The molecule has 0 spiro atoms.